The van der Waals surface area contributed by atoms with Crippen molar-refractivity contribution in [3.8, 4) is 11.5 Å². The maximum atomic E-state index is 14.1. The molecule has 11 heteroatoms. The van der Waals surface area contributed by atoms with Crippen LogP contribution in [0.4, 0.5) is 30.7 Å². The summed E-state index contributed by atoms with van der Waals surface area (Å²) in [6.45, 7) is 2.14. The predicted molar refractivity (Wildman–Crippen MR) is 114 cm³/mol. The van der Waals surface area contributed by atoms with Gasteiger partial charge in [0, 0.05) is 11.8 Å². The van der Waals surface area contributed by atoms with Gasteiger partial charge in [0.15, 0.2) is 35.3 Å². The van der Waals surface area contributed by atoms with Crippen LogP contribution in [0.25, 0.3) is 0 Å². The van der Waals surface area contributed by atoms with Crippen LogP contribution in [-0.2, 0) is 9.47 Å². The summed E-state index contributed by atoms with van der Waals surface area (Å²) >= 11 is 0. The van der Waals surface area contributed by atoms with Crippen molar-refractivity contribution < 1.29 is 49.7 Å². The average Bonchev–Trinajstić information content (AvgIpc) is 2.80. The van der Waals surface area contributed by atoms with E-state index in [1.54, 1.807) is 6.92 Å². The van der Waals surface area contributed by atoms with Crippen molar-refractivity contribution in [2.75, 3.05) is 19.8 Å². The Bertz CT molecular complexity index is 1010. The standard InChI is InChI=1S/C25H25F7O4/c1-13-6-18(26)22(19(27)7-13)33-10-14-11-34-24(35-12-14)16-4-2-15(3-5-16)17-8-20(28)23(21(29)9-17)36-25(30,31)32/h6-9,14-16,24H,2-5,10-12H2,1H3. The first-order valence-electron chi connectivity index (χ1n) is 11.6. The second-order valence-corrected chi connectivity index (χ2v) is 9.24. The number of ether oxygens (including phenoxy) is 4. The van der Waals surface area contributed by atoms with E-state index < -0.39 is 47.4 Å². The van der Waals surface area contributed by atoms with Gasteiger partial charge in [0.05, 0.1) is 19.8 Å². The van der Waals surface area contributed by atoms with Crippen LogP contribution in [0.15, 0.2) is 24.3 Å². The summed E-state index contributed by atoms with van der Waals surface area (Å²) in [5, 5.41) is 0. The van der Waals surface area contributed by atoms with E-state index in [0.29, 0.717) is 31.2 Å². The lowest BCUT2D eigenvalue weighted by atomic mass is 9.78. The van der Waals surface area contributed by atoms with Crippen LogP contribution in [0.5, 0.6) is 11.5 Å². The van der Waals surface area contributed by atoms with E-state index in [1.807, 2.05) is 0 Å². The topological polar surface area (TPSA) is 36.9 Å². The minimum absolute atomic E-state index is 0.0154. The van der Waals surface area contributed by atoms with E-state index in [2.05, 4.69) is 4.74 Å². The van der Waals surface area contributed by atoms with Crippen LogP contribution in [0.3, 0.4) is 0 Å². The number of benzene rings is 2. The maximum absolute atomic E-state index is 14.1. The number of hydrogen-bond donors (Lipinski definition) is 0. The number of alkyl halides is 3. The lowest BCUT2D eigenvalue weighted by Crippen LogP contribution is -2.40. The van der Waals surface area contributed by atoms with Crippen molar-refractivity contribution in [3.05, 3.63) is 58.7 Å². The van der Waals surface area contributed by atoms with Crippen LogP contribution in [0.1, 0.15) is 42.7 Å². The van der Waals surface area contributed by atoms with Gasteiger partial charge in [0.1, 0.15) is 0 Å². The summed E-state index contributed by atoms with van der Waals surface area (Å²) in [4.78, 5) is 0. The molecule has 0 radical (unpaired) electrons. The lowest BCUT2D eigenvalue weighted by Gasteiger charge is -2.37. The van der Waals surface area contributed by atoms with E-state index >= 15 is 0 Å². The summed E-state index contributed by atoms with van der Waals surface area (Å²) in [6, 6.07) is 4.14. The van der Waals surface area contributed by atoms with Gasteiger partial charge in [-0.15, -0.1) is 13.2 Å². The SMILES string of the molecule is Cc1cc(F)c(OCC2COC(C3CCC(c4cc(F)c(OC(F)(F)F)c(F)c4)CC3)OC2)c(F)c1. The zero-order chi connectivity index (χ0) is 26.0. The molecular weight excluding hydrogens is 497 g/mol. The molecular formula is C25H25F7O4. The van der Waals surface area contributed by atoms with E-state index in [4.69, 9.17) is 14.2 Å². The molecule has 4 rings (SSSR count). The highest BCUT2D eigenvalue weighted by molar-refractivity contribution is 5.33. The second-order valence-electron chi connectivity index (χ2n) is 9.24. The number of rotatable bonds is 6. The predicted octanol–water partition coefficient (Wildman–Crippen LogP) is 6.79. The minimum Gasteiger partial charge on any atom is -0.487 e. The molecule has 4 nitrogen and oxygen atoms in total. The van der Waals surface area contributed by atoms with Gasteiger partial charge in [-0.3, -0.25) is 0 Å². The molecule has 0 spiro atoms. The van der Waals surface area contributed by atoms with Gasteiger partial charge >= 0.3 is 6.36 Å². The smallest absolute Gasteiger partial charge is 0.487 e. The molecule has 1 heterocycles. The van der Waals surface area contributed by atoms with Crippen molar-refractivity contribution in [2.24, 2.45) is 11.8 Å². The van der Waals surface area contributed by atoms with Gasteiger partial charge in [0.25, 0.3) is 0 Å². The summed E-state index contributed by atoms with van der Waals surface area (Å²) in [7, 11) is 0. The van der Waals surface area contributed by atoms with Crippen molar-refractivity contribution in [2.45, 2.75) is 51.2 Å². The van der Waals surface area contributed by atoms with Gasteiger partial charge in [-0.2, -0.15) is 0 Å². The van der Waals surface area contributed by atoms with Crippen LogP contribution in [0, 0.1) is 42.0 Å². The molecule has 1 saturated carbocycles. The Kier molecular flexibility index (Phi) is 7.99. The largest absolute Gasteiger partial charge is 0.573 e. The fourth-order valence-corrected chi connectivity index (χ4v) is 4.71. The van der Waals surface area contributed by atoms with Crippen LogP contribution >= 0.6 is 0 Å². The second kappa shape index (κ2) is 10.8. The molecule has 1 saturated heterocycles. The van der Waals surface area contributed by atoms with E-state index in [9.17, 15) is 30.7 Å². The zero-order valence-corrected chi connectivity index (χ0v) is 19.3. The highest BCUT2D eigenvalue weighted by Gasteiger charge is 2.36. The fraction of sp³-hybridized carbons (Fsp3) is 0.520. The average molecular weight is 522 g/mol. The molecule has 0 atom stereocenters. The maximum Gasteiger partial charge on any atom is 0.573 e. The summed E-state index contributed by atoms with van der Waals surface area (Å²) in [5.74, 6) is -6.68. The summed E-state index contributed by atoms with van der Waals surface area (Å²) in [6.07, 6.45) is -3.35. The third kappa shape index (κ3) is 6.42. The molecule has 2 aromatic rings. The fourth-order valence-electron chi connectivity index (χ4n) is 4.71. The van der Waals surface area contributed by atoms with E-state index in [-0.39, 0.29) is 43.1 Å². The summed E-state index contributed by atoms with van der Waals surface area (Å²) in [5.41, 5.74) is 0.721. The highest BCUT2D eigenvalue weighted by atomic mass is 19.4. The Hall–Kier alpha value is -2.53. The number of hydrogen-bond acceptors (Lipinski definition) is 4. The molecule has 36 heavy (non-hydrogen) atoms. The quantitative estimate of drug-likeness (QED) is 0.392. The third-order valence-corrected chi connectivity index (χ3v) is 6.46. The lowest BCUT2D eigenvalue weighted by molar-refractivity contribution is -0.276. The first-order valence-corrected chi connectivity index (χ1v) is 11.6. The molecule has 1 aliphatic heterocycles. The van der Waals surface area contributed by atoms with Crippen molar-refractivity contribution in [1.29, 1.82) is 0 Å². The summed E-state index contributed by atoms with van der Waals surface area (Å²) < 4.78 is 113. The van der Waals surface area contributed by atoms with Gasteiger partial charge in [0.2, 0.25) is 5.75 Å². The molecule has 0 aromatic heterocycles. The van der Waals surface area contributed by atoms with E-state index in [1.165, 1.54) is 12.1 Å². The molecule has 2 fully saturated rings. The van der Waals surface area contributed by atoms with Crippen LogP contribution in [0.2, 0.25) is 0 Å². The molecule has 0 amide bonds. The molecule has 2 aliphatic rings. The molecule has 0 bridgehead atoms. The van der Waals surface area contributed by atoms with Crippen molar-refractivity contribution in [1.82, 2.24) is 0 Å². The highest BCUT2D eigenvalue weighted by Crippen LogP contribution is 2.41. The molecule has 0 N–H and O–H groups in total. The van der Waals surface area contributed by atoms with Gasteiger partial charge in [-0.25, -0.2) is 17.6 Å². The zero-order valence-electron chi connectivity index (χ0n) is 19.3. The first kappa shape index (κ1) is 26.5. The molecule has 2 aromatic carbocycles. The Labute approximate surface area is 203 Å². The molecule has 198 valence electrons. The Morgan fingerprint density at radius 1 is 0.806 bits per heavy atom. The first-order chi connectivity index (χ1) is 17.0. The number of halogens is 7. The van der Waals surface area contributed by atoms with Gasteiger partial charge < -0.3 is 18.9 Å². The Morgan fingerprint density at radius 2 is 1.33 bits per heavy atom. The van der Waals surface area contributed by atoms with Crippen molar-refractivity contribution >= 4 is 0 Å². The van der Waals surface area contributed by atoms with Gasteiger partial charge in [-0.05, 0) is 73.9 Å². The van der Waals surface area contributed by atoms with E-state index in [0.717, 1.165) is 12.1 Å². The monoisotopic (exact) mass is 522 g/mol. The minimum atomic E-state index is -5.20. The number of aryl methyl sites for hydroxylation is 1. The normalized spacial score (nSPS) is 25.0. The van der Waals surface area contributed by atoms with Crippen LogP contribution < -0.4 is 9.47 Å². The Morgan fingerprint density at radius 3 is 1.86 bits per heavy atom. The third-order valence-electron chi connectivity index (χ3n) is 6.46. The Balaban J connectivity index is 1.25. The van der Waals surface area contributed by atoms with Crippen LogP contribution in [-0.4, -0.2) is 32.5 Å². The molecule has 1 aliphatic carbocycles. The van der Waals surface area contributed by atoms with Crippen molar-refractivity contribution in [3.63, 3.8) is 0 Å². The van der Waals surface area contributed by atoms with Gasteiger partial charge in [-0.1, -0.05) is 0 Å². The molecule has 0 unspecified atom stereocenters.